The number of benzene rings is 2. The minimum Gasteiger partial charge on any atom is -0.497 e. The van der Waals surface area contributed by atoms with E-state index in [9.17, 15) is 4.79 Å². The molecule has 3 rings (SSSR count). The lowest BCUT2D eigenvalue weighted by Crippen LogP contribution is -2.19. The zero-order chi connectivity index (χ0) is 16.2. The second-order valence-electron chi connectivity index (χ2n) is 5.02. The molecule has 2 aromatic rings. The predicted molar refractivity (Wildman–Crippen MR) is 95.0 cm³/mol. The van der Waals surface area contributed by atoms with E-state index in [1.54, 1.807) is 24.9 Å². The first-order valence-electron chi connectivity index (χ1n) is 7.42. The smallest absolute Gasteiger partial charge is 0.251 e. The highest BCUT2D eigenvalue weighted by atomic mass is 32.2. The Balaban J connectivity index is 1.81. The van der Waals surface area contributed by atoms with E-state index in [0.29, 0.717) is 0 Å². The van der Waals surface area contributed by atoms with Crippen molar-refractivity contribution in [2.24, 2.45) is 0 Å². The van der Waals surface area contributed by atoms with Crippen molar-refractivity contribution >= 4 is 29.0 Å². The average Bonchev–Trinajstić information content (AvgIpc) is 2.91. The third-order valence-corrected chi connectivity index (χ3v) is 4.66. The molecule has 0 saturated heterocycles. The molecule has 0 atom stereocenters. The van der Waals surface area contributed by atoms with Crippen LogP contribution >= 0.6 is 11.8 Å². The summed E-state index contributed by atoms with van der Waals surface area (Å²) in [7, 11) is 1.66. The monoisotopic (exact) mass is 326 g/mol. The molecule has 1 aliphatic heterocycles. The molecule has 0 aromatic heterocycles. The number of carbonyl (C=O) groups excluding carboxylic acids is 1. The van der Waals surface area contributed by atoms with Gasteiger partial charge in [0.05, 0.1) is 17.8 Å². The molecule has 0 fully saturated rings. The van der Waals surface area contributed by atoms with Crippen molar-refractivity contribution < 1.29 is 9.53 Å². The first kappa shape index (κ1) is 15.5. The number of carbonyl (C=O) groups is 1. The molecular formula is C18H18N2O2S. The number of methoxy groups -OCH3 is 1. The van der Waals surface area contributed by atoms with E-state index in [1.807, 2.05) is 48.5 Å². The maximum atomic E-state index is 12.3. The van der Waals surface area contributed by atoms with Gasteiger partial charge in [0.25, 0.3) is 5.91 Å². The number of para-hydroxylation sites is 1. The van der Waals surface area contributed by atoms with Crippen molar-refractivity contribution in [2.45, 2.75) is 11.8 Å². The number of thioether (sulfide) groups is 1. The van der Waals surface area contributed by atoms with E-state index in [0.717, 1.165) is 33.6 Å². The van der Waals surface area contributed by atoms with E-state index in [-0.39, 0.29) is 5.91 Å². The largest absolute Gasteiger partial charge is 0.497 e. The number of ether oxygens (including phenoxy) is 1. The van der Waals surface area contributed by atoms with Crippen molar-refractivity contribution in [3.05, 3.63) is 59.6 Å². The van der Waals surface area contributed by atoms with Gasteiger partial charge in [-0.2, -0.15) is 0 Å². The SMILES string of the molecule is CCN1/C(=C/C(=O)Nc2ccccc2)Sc2ccc(OC)cc21. The number of amides is 1. The Morgan fingerprint density at radius 2 is 2.04 bits per heavy atom. The van der Waals surface area contributed by atoms with Gasteiger partial charge in [-0.25, -0.2) is 0 Å². The summed E-state index contributed by atoms with van der Waals surface area (Å²) < 4.78 is 5.29. The minimum atomic E-state index is -0.128. The number of nitrogens with zero attached hydrogens (tertiary/aromatic N) is 1. The van der Waals surface area contributed by atoms with E-state index in [4.69, 9.17) is 4.74 Å². The molecule has 1 heterocycles. The Morgan fingerprint density at radius 1 is 1.26 bits per heavy atom. The quantitative estimate of drug-likeness (QED) is 0.859. The Morgan fingerprint density at radius 3 is 2.74 bits per heavy atom. The molecule has 23 heavy (non-hydrogen) atoms. The van der Waals surface area contributed by atoms with Crippen LogP contribution in [0.2, 0.25) is 0 Å². The van der Waals surface area contributed by atoms with Gasteiger partial charge in [-0.1, -0.05) is 30.0 Å². The Bertz CT molecular complexity index is 744. The second-order valence-corrected chi connectivity index (χ2v) is 6.08. The van der Waals surface area contributed by atoms with E-state index in [2.05, 4.69) is 17.1 Å². The summed E-state index contributed by atoms with van der Waals surface area (Å²) in [6, 6.07) is 15.4. The van der Waals surface area contributed by atoms with Crippen molar-refractivity contribution in [2.75, 3.05) is 23.9 Å². The number of rotatable bonds is 4. The molecule has 1 aliphatic rings. The fourth-order valence-electron chi connectivity index (χ4n) is 2.45. The van der Waals surface area contributed by atoms with Crippen molar-refractivity contribution in [1.82, 2.24) is 0 Å². The van der Waals surface area contributed by atoms with Gasteiger partial charge in [0.1, 0.15) is 5.75 Å². The van der Waals surface area contributed by atoms with Crippen LogP contribution < -0.4 is 15.0 Å². The van der Waals surface area contributed by atoms with Gasteiger partial charge in [0.15, 0.2) is 0 Å². The lowest BCUT2D eigenvalue weighted by Gasteiger charge is -2.18. The lowest BCUT2D eigenvalue weighted by molar-refractivity contribution is -0.111. The molecule has 0 unspecified atom stereocenters. The van der Waals surface area contributed by atoms with Crippen LogP contribution in [0.4, 0.5) is 11.4 Å². The highest BCUT2D eigenvalue weighted by Gasteiger charge is 2.25. The van der Waals surface area contributed by atoms with Crippen LogP contribution in [-0.2, 0) is 4.79 Å². The second kappa shape index (κ2) is 6.79. The summed E-state index contributed by atoms with van der Waals surface area (Å²) in [6.45, 7) is 2.86. The van der Waals surface area contributed by atoms with Crippen LogP contribution in [-0.4, -0.2) is 19.6 Å². The number of hydrogen-bond donors (Lipinski definition) is 1. The first-order valence-corrected chi connectivity index (χ1v) is 8.24. The third kappa shape index (κ3) is 3.35. The van der Waals surface area contributed by atoms with Crippen molar-refractivity contribution in [3.8, 4) is 5.75 Å². The van der Waals surface area contributed by atoms with Gasteiger partial charge in [0.2, 0.25) is 0 Å². The zero-order valence-corrected chi connectivity index (χ0v) is 13.9. The molecule has 0 radical (unpaired) electrons. The molecule has 0 saturated carbocycles. The number of nitrogens with one attached hydrogen (secondary N) is 1. The Kier molecular flexibility index (Phi) is 4.57. The molecule has 1 amide bonds. The molecule has 2 aromatic carbocycles. The topological polar surface area (TPSA) is 41.6 Å². The van der Waals surface area contributed by atoms with Crippen LogP contribution in [0.3, 0.4) is 0 Å². The maximum absolute atomic E-state index is 12.3. The van der Waals surface area contributed by atoms with Gasteiger partial charge in [-0.15, -0.1) is 0 Å². The van der Waals surface area contributed by atoms with Crippen LogP contribution in [0.5, 0.6) is 5.75 Å². The van der Waals surface area contributed by atoms with Crippen LogP contribution in [0.25, 0.3) is 0 Å². The summed E-state index contributed by atoms with van der Waals surface area (Å²) in [5.41, 5.74) is 1.87. The van der Waals surface area contributed by atoms with Gasteiger partial charge >= 0.3 is 0 Å². The Labute approximate surface area is 140 Å². The molecule has 0 bridgehead atoms. The van der Waals surface area contributed by atoms with E-state index >= 15 is 0 Å². The van der Waals surface area contributed by atoms with Crippen molar-refractivity contribution in [3.63, 3.8) is 0 Å². The molecule has 0 spiro atoms. The Hall–Kier alpha value is -2.40. The molecule has 0 aliphatic carbocycles. The zero-order valence-electron chi connectivity index (χ0n) is 13.1. The maximum Gasteiger partial charge on any atom is 0.251 e. The predicted octanol–water partition coefficient (Wildman–Crippen LogP) is 4.11. The van der Waals surface area contributed by atoms with Crippen molar-refractivity contribution in [1.29, 1.82) is 0 Å². The first-order chi connectivity index (χ1) is 11.2. The summed E-state index contributed by atoms with van der Waals surface area (Å²) >= 11 is 1.60. The lowest BCUT2D eigenvalue weighted by atomic mass is 10.2. The average molecular weight is 326 g/mol. The van der Waals surface area contributed by atoms with Gasteiger partial charge in [-0.05, 0) is 31.2 Å². The molecule has 4 nitrogen and oxygen atoms in total. The van der Waals surface area contributed by atoms with Crippen LogP contribution in [0, 0.1) is 0 Å². The van der Waals surface area contributed by atoms with Crippen LogP contribution in [0.1, 0.15) is 6.92 Å². The molecule has 5 heteroatoms. The summed E-state index contributed by atoms with van der Waals surface area (Å²) in [4.78, 5) is 15.5. The molecular weight excluding hydrogens is 308 g/mol. The standard InChI is InChI=1S/C18H18N2O2S/c1-3-20-15-11-14(22-2)9-10-16(15)23-18(20)12-17(21)19-13-7-5-4-6-8-13/h4-12H,3H2,1-2H3,(H,19,21)/b18-12-. The van der Waals surface area contributed by atoms with E-state index < -0.39 is 0 Å². The van der Waals surface area contributed by atoms with Gasteiger partial charge in [0, 0.05) is 29.3 Å². The number of hydrogen-bond acceptors (Lipinski definition) is 4. The number of anilines is 2. The van der Waals surface area contributed by atoms with Gasteiger partial charge < -0.3 is 15.0 Å². The summed E-state index contributed by atoms with van der Waals surface area (Å²) in [5.74, 6) is 0.690. The summed E-state index contributed by atoms with van der Waals surface area (Å²) in [5, 5.41) is 3.80. The summed E-state index contributed by atoms with van der Waals surface area (Å²) in [6.07, 6.45) is 1.65. The van der Waals surface area contributed by atoms with E-state index in [1.165, 1.54) is 0 Å². The fourth-order valence-corrected chi connectivity index (χ4v) is 3.59. The highest BCUT2D eigenvalue weighted by molar-refractivity contribution is 8.03. The highest BCUT2D eigenvalue weighted by Crippen LogP contribution is 2.47. The fraction of sp³-hybridized carbons (Fsp3) is 0.167. The minimum absolute atomic E-state index is 0.128. The molecule has 118 valence electrons. The normalized spacial score (nSPS) is 14.7. The van der Waals surface area contributed by atoms with Gasteiger partial charge in [-0.3, -0.25) is 4.79 Å². The van der Waals surface area contributed by atoms with Crippen LogP contribution in [0.15, 0.2) is 64.5 Å². The number of fused-ring (bicyclic) bond motifs is 1. The molecule has 1 N–H and O–H groups in total. The third-order valence-electron chi connectivity index (χ3n) is 3.55.